The fourth-order valence-corrected chi connectivity index (χ4v) is 2.93. The van der Waals surface area contributed by atoms with Crippen LogP contribution < -0.4 is 0 Å². The molecular formula is C18H12N2O2. The molecular weight excluding hydrogens is 276 g/mol. The van der Waals surface area contributed by atoms with E-state index in [1.54, 1.807) is 12.1 Å². The first-order valence-electron chi connectivity index (χ1n) is 7.00. The van der Waals surface area contributed by atoms with E-state index in [9.17, 15) is 9.90 Å². The van der Waals surface area contributed by atoms with Gasteiger partial charge in [-0.1, -0.05) is 48.5 Å². The Morgan fingerprint density at radius 2 is 1.55 bits per heavy atom. The van der Waals surface area contributed by atoms with Crippen LogP contribution in [0, 0.1) is 0 Å². The summed E-state index contributed by atoms with van der Waals surface area (Å²) < 4.78 is 0. The number of carbonyl (C=O) groups excluding carboxylic acids is 1. The molecule has 4 nitrogen and oxygen atoms in total. The molecule has 4 rings (SSSR count). The number of carbonyl (C=O) groups is 1. The zero-order valence-corrected chi connectivity index (χ0v) is 11.6. The highest BCUT2D eigenvalue weighted by Gasteiger charge is 2.26. The fourth-order valence-electron chi connectivity index (χ4n) is 2.93. The van der Waals surface area contributed by atoms with E-state index in [1.165, 1.54) is 0 Å². The molecule has 1 atom stereocenters. The zero-order valence-electron chi connectivity index (χ0n) is 11.6. The lowest BCUT2D eigenvalue weighted by Gasteiger charge is -2.20. The van der Waals surface area contributed by atoms with Crippen molar-refractivity contribution < 1.29 is 9.90 Å². The van der Waals surface area contributed by atoms with Gasteiger partial charge >= 0.3 is 0 Å². The average molecular weight is 288 g/mol. The molecule has 1 heterocycles. The Bertz CT molecular complexity index is 931. The largest absolute Gasteiger partial charge is 0.507 e. The first kappa shape index (κ1) is 12.7. The van der Waals surface area contributed by atoms with Gasteiger partial charge in [0.15, 0.2) is 0 Å². The molecule has 106 valence electrons. The molecule has 3 aromatic carbocycles. The molecule has 0 aromatic heterocycles. The third-order valence-corrected chi connectivity index (χ3v) is 3.98. The number of hydrogen-bond donors (Lipinski definition) is 1. The van der Waals surface area contributed by atoms with Crippen LogP contribution >= 0.6 is 0 Å². The lowest BCUT2D eigenvalue weighted by Crippen LogP contribution is -2.11. The zero-order chi connectivity index (χ0) is 15.1. The number of hydrogen-bond acceptors (Lipinski definition) is 3. The minimum Gasteiger partial charge on any atom is -0.507 e. The number of phenols is 1. The molecule has 3 aromatic rings. The van der Waals surface area contributed by atoms with Crippen molar-refractivity contribution in [3.05, 3.63) is 77.4 Å². The second-order valence-electron chi connectivity index (χ2n) is 5.23. The summed E-state index contributed by atoms with van der Waals surface area (Å²) in [5, 5.41) is 19.7. The minimum absolute atomic E-state index is 0.233. The van der Waals surface area contributed by atoms with Crippen molar-refractivity contribution >= 4 is 16.7 Å². The molecule has 1 amide bonds. The summed E-state index contributed by atoms with van der Waals surface area (Å²) in [6.07, 6.45) is 0. The Hall–Kier alpha value is -3.01. The van der Waals surface area contributed by atoms with E-state index in [0.717, 1.165) is 21.9 Å². The monoisotopic (exact) mass is 288 g/mol. The summed E-state index contributed by atoms with van der Waals surface area (Å²) in [4.78, 5) is 11.9. The van der Waals surface area contributed by atoms with Crippen LogP contribution in [0.5, 0.6) is 5.75 Å². The van der Waals surface area contributed by atoms with Crippen LogP contribution in [0.25, 0.3) is 10.8 Å². The van der Waals surface area contributed by atoms with Crippen LogP contribution in [0.4, 0.5) is 0 Å². The van der Waals surface area contributed by atoms with Gasteiger partial charge in [-0.15, -0.1) is 5.11 Å². The number of amides is 1. The number of nitrogens with zero attached hydrogens (tertiary/aromatic N) is 2. The summed E-state index contributed by atoms with van der Waals surface area (Å²) in [5.74, 6) is -0.0774. The van der Waals surface area contributed by atoms with Gasteiger partial charge < -0.3 is 5.11 Å². The van der Waals surface area contributed by atoms with Crippen molar-refractivity contribution in [2.24, 2.45) is 10.2 Å². The highest BCUT2D eigenvalue weighted by atomic mass is 16.3. The van der Waals surface area contributed by atoms with Crippen LogP contribution in [0.2, 0.25) is 0 Å². The van der Waals surface area contributed by atoms with Gasteiger partial charge in [-0.05, 0) is 28.6 Å². The van der Waals surface area contributed by atoms with Gasteiger partial charge in [-0.25, -0.2) is 0 Å². The van der Waals surface area contributed by atoms with E-state index in [0.29, 0.717) is 5.56 Å². The Balaban J connectivity index is 1.99. The normalized spacial score (nSPS) is 16.7. The molecule has 0 aliphatic carbocycles. The average Bonchev–Trinajstić information content (AvgIpc) is 2.57. The molecule has 0 saturated heterocycles. The van der Waals surface area contributed by atoms with E-state index >= 15 is 0 Å². The summed E-state index contributed by atoms with van der Waals surface area (Å²) in [7, 11) is 0. The topological polar surface area (TPSA) is 62.0 Å². The summed E-state index contributed by atoms with van der Waals surface area (Å²) in [5.41, 5.74) is 2.36. The van der Waals surface area contributed by atoms with Gasteiger partial charge in [0.05, 0.1) is 0 Å². The lowest BCUT2D eigenvalue weighted by atomic mass is 9.90. The predicted molar refractivity (Wildman–Crippen MR) is 83.1 cm³/mol. The molecule has 22 heavy (non-hydrogen) atoms. The molecule has 4 heteroatoms. The number of rotatable bonds is 1. The number of phenolic OH excluding ortho intramolecular Hbond substituents is 1. The molecule has 1 aliphatic rings. The molecule has 1 N–H and O–H groups in total. The predicted octanol–water partition coefficient (Wildman–Crippen LogP) is 4.24. The highest BCUT2D eigenvalue weighted by Crippen LogP contribution is 2.38. The Kier molecular flexibility index (Phi) is 2.76. The molecule has 0 bridgehead atoms. The maximum Gasteiger partial charge on any atom is 0.295 e. The van der Waals surface area contributed by atoms with Gasteiger partial charge in [-0.2, -0.15) is 5.11 Å². The molecule has 0 fully saturated rings. The van der Waals surface area contributed by atoms with Gasteiger partial charge in [0, 0.05) is 10.9 Å². The van der Waals surface area contributed by atoms with Crippen molar-refractivity contribution in [2.75, 3.05) is 0 Å². The maximum atomic E-state index is 11.9. The molecule has 1 unspecified atom stereocenters. The Labute approximate surface area is 126 Å². The van der Waals surface area contributed by atoms with Crippen molar-refractivity contribution in [1.29, 1.82) is 0 Å². The van der Waals surface area contributed by atoms with Crippen LogP contribution in [-0.2, 0) is 0 Å². The highest BCUT2D eigenvalue weighted by molar-refractivity contribution is 5.98. The van der Waals surface area contributed by atoms with Crippen LogP contribution in [0.1, 0.15) is 27.5 Å². The fraction of sp³-hybridized carbons (Fsp3) is 0.0556. The van der Waals surface area contributed by atoms with E-state index < -0.39 is 0 Å². The molecule has 1 aliphatic heterocycles. The number of aromatic hydroxyl groups is 1. The third-order valence-electron chi connectivity index (χ3n) is 3.98. The van der Waals surface area contributed by atoms with Crippen molar-refractivity contribution in [2.45, 2.75) is 6.04 Å². The van der Waals surface area contributed by atoms with Gasteiger partial charge in [-0.3, -0.25) is 4.79 Å². The number of fused-ring (bicyclic) bond motifs is 2. The summed E-state index contributed by atoms with van der Waals surface area (Å²) in [6.45, 7) is 0. The third kappa shape index (κ3) is 1.81. The molecule has 0 saturated carbocycles. The van der Waals surface area contributed by atoms with Crippen molar-refractivity contribution in [1.82, 2.24) is 0 Å². The number of azo groups is 1. The van der Waals surface area contributed by atoms with E-state index in [-0.39, 0.29) is 17.7 Å². The molecule has 0 spiro atoms. The van der Waals surface area contributed by atoms with Crippen molar-refractivity contribution in [3.63, 3.8) is 0 Å². The van der Waals surface area contributed by atoms with E-state index in [4.69, 9.17) is 0 Å². The Morgan fingerprint density at radius 1 is 0.818 bits per heavy atom. The van der Waals surface area contributed by atoms with Crippen LogP contribution in [0.3, 0.4) is 0 Å². The summed E-state index contributed by atoms with van der Waals surface area (Å²) >= 11 is 0. The minimum atomic E-state index is -0.334. The maximum absolute atomic E-state index is 11.9. The van der Waals surface area contributed by atoms with Crippen molar-refractivity contribution in [3.8, 4) is 5.75 Å². The second kappa shape index (κ2) is 4.77. The summed E-state index contributed by atoms with van der Waals surface area (Å²) in [6, 6.07) is 18.2. The standard InChI is InChI=1S/C18H12N2O2/c21-16-10-9-14(11-5-1-2-6-12(11)16)17-13-7-3-4-8-15(13)18(22)20-19-17/h1-10,17,21H. The van der Waals surface area contributed by atoms with Gasteiger partial charge in [0.1, 0.15) is 11.8 Å². The van der Waals surface area contributed by atoms with Crippen LogP contribution in [0.15, 0.2) is 70.9 Å². The first-order valence-corrected chi connectivity index (χ1v) is 7.00. The first-order chi connectivity index (χ1) is 10.8. The quantitative estimate of drug-likeness (QED) is 0.728. The van der Waals surface area contributed by atoms with E-state index in [2.05, 4.69) is 10.2 Å². The second-order valence-corrected chi connectivity index (χ2v) is 5.23. The van der Waals surface area contributed by atoms with Gasteiger partial charge in [0.25, 0.3) is 5.91 Å². The van der Waals surface area contributed by atoms with E-state index in [1.807, 2.05) is 48.5 Å². The Morgan fingerprint density at radius 3 is 2.41 bits per heavy atom. The molecule has 0 radical (unpaired) electrons. The smallest absolute Gasteiger partial charge is 0.295 e. The SMILES string of the molecule is O=C1N=NC(c2ccc(O)c3ccccc23)c2ccccc21. The lowest BCUT2D eigenvalue weighted by molar-refractivity contribution is 0.0986. The number of benzene rings is 3. The van der Waals surface area contributed by atoms with Crippen LogP contribution in [-0.4, -0.2) is 11.0 Å². The van der Waals surface area contributed by atoms with Gasteiger partial charge in [0.2, 0.25) is 0 Å².